The fourth-order valence-corrected chi connectivity index (χ4v) is 5.42. The molecule has 0 aromatic heterocycles. The summed E-state index contributed by atoms with van der Waals surface area (Å²) < 4.78 is 37.6. The molecule has 0 radical (unpaired) electrons. The average Bonchev–Trinajstić information content (AvgIpc) is 2.86. The second kappa shape index (κ2) is 16.4. The molecule has 0 amide bonds. The molecule has 0 aliphatic rings. The quantitative estimate of drug-likeness (QED) is 0.155. The van der Waals surface area contributed by atoms with E-state index in [1.807, 2.05) is 62.6 Å². The van der Waals surface area contributed by atoms with Crippen LogP contribution in [-0.2, 0) is 20.8 Å². The van der Waals surface area contributed by atoms with Crippen molar-refractivity contribution in [3.63, 3.8) is 0 Å². The number of halogens is 3. The van der Waals surface area contributed by atoms with Gasteiger partial charge in [0.25, 0.3) is 0 Å². The minimum absolute atomic E-state index is 0.00243. The highest BCUT2D eigenvalue weighted by molar-refractivity contribution is 9.10. The monoisotopic (exact) mass is 658 g/mol. The first kappa shape index (κ1) is 36.0. The summed E-state index contributed by atoms with van der Waals surface area (Å²) in [5.74, 6) is -0.0310. The zero-order valence-electron chi connectivity index (χ0n) is 23.4. The number of hydrogen-bond acceptors (Lipinski definition) is 3. The Morgan fingerprint density at radius 1 is 1.12 bits per heavy atom. The number of aliphatic carboxylic acids is 1. The third-order valence-electron chi connectivity index (χ3n) is 6.03. The third-order valence-corrected chi connectivity index (χ3v) is 8.28. The molecule has 3 N–H and O–H groups in total. The molecule has 10 heteroatoms. The molecule has 0 aliphatic heterocycles. The number of carbonyl (C=O) groups is 1. The largest absolute Gasteiger partial charge is 0.481 e. The second-order valence-corrected chi connectivity index (χ2v) is 13.2. The molecule has 0 saturated heterocycles. The van der Waals surface area contributed by atoms with Crippen LogP contribution in [0.25, 0.3) is 5.57 Å². The number of rotatable bonds is 12. The predicted octanol–water partition coefficient (Wildman–Crippen LogP) is 9.37. The van der Waals surface area contributed by atoms with E-state index in [2.05, 4.69) is 36.4 Å². The van der Waals surface area contributed by atoms with E-state index in [4.69, 9.17) is 9.79 Å². The molecule has 220 valence electrons. The summed E-state index contributed by atoms with van der Waals surface area (Å²) in [6.07, 6.45) is 9.33. The number of carboxylic acids is 1. The van der Waals surface area contributed by atoms with E-state index in [1.165, 1.54) is 23.9 Å². The van der Waals surface area contributed by atoms with E-state index in [1.54, 1.807) is 0 Å². The highest BCUT2D eigenvalue weighted by atomic mass is 79.9. The van der Waals surface area contributed by atoms with Crippen LogP contribution in [0.2, 0.25) is 0 Å². The summed E-state index contributed by atoms with van der Waals surface area (Å²) in [5.41, 5.74) is 0.0791. The standard InChI is InChI=1S/C21H28O2.C9H10BrF2O3PS/c1-6-16(4)11-12-17(5)18-8-7-9-19(14-18)20(21(22)23)13-10-15(2)3;1-17-5-6-2-3-7(8(10)4-6)9(11,12)16(13,14)15/h6-9,11-12,14-15,20H,1,10,13H2,2-5H3,(H,22,23);2-4H,5H2,1H3,(H2,13,14,15)/b16-11-,17-12+;. The number of carboxylic acid groups (broad SMARTS) is 1. The van der Waals surface area contributed by atoms with Crippen molar-refractivity contribution in [2.45, 2.75) is 57.9 Å². The van der Waals surface area contributed by atoms with Gasteiger partial charge in [0, 0.05) is 15.8 Å². The molecular formula is C30H38BrF2O5PS. The van der Waals surface area contributed by atoms with Crippen molar-refractivity contribution in [3.05, 3.63) is 99.6 Å². The van der Waals surface area contributed by atoms with E-state index in [0.717, 1.165) is 40.3 Å². The number of benzene rings is 2. The Kier molecular flexibility index (Phi) is 14.8. The number of hydrogen-bond donors (Lipinski definition) is 3. The molecule has 5 nitrogen and oxygen atoms in total. The van der Waals surface area contributed by atoms with Crippen LogP contribution in [0.3, 0.4) is 0 Å². The highest BCUT2D eigenvalue weighted by Gasteiger charge is 2.51. The van der Waals surface area contributed by atoms with Crippen molar-refractivity contribution in [2.24, 2.45) is 5.92 Å². The molecule has 0 heterocycles. The van der Waals surface area contributed by atoms with Crippen LogP contribution in [0.4, 0.5) is 8.78 Å². The van der Waals surface area contributed by atoms with Crippen molar-refractivity contribution in [3.8, 4) is 0 Å². The van der Waals surface area contributed by atoms with E-state index in [0.29, 0.717) is 18.1 Å². The van der Waals surface area contributed by atoms with E-state index < -0.39 is 30.7 Å². The Bertz CT molecular complexity index is 1270. The predicted molar refractivity (Wildman–Crippen MR) is 166 cm³/mol. The maximum atomic E-state index is 13.4. The molecule has 0 aliphatic carbocycles. The molecule has 40 heavy (non-hydrogen) atoms. The van der Waals surface area contributed by atoms with Crippen molar-refractivity contribution in [1.82, 2.24) is 0 Å². The van der Waals surface area contributed by atoms with Gasteiger partial charge in [0.15, 0.2) is 0 Å². The summed E-state index contributed by atoms with van der Waals surface area (Å²) in [7, 11) is -5.52. The highest BCUT2D eigenvalue weighted by Crippen LogP contribution is 2.60. The van der Waals surface area contributed by atoms with Gasteiger partial charge in [0.2, 0.25) is 0 Å². The van der Waals surface area contributed by atoms with E-state index >= 15 is 0 Å². The first-order chi connectivity index (χ1) is 18.5. The third kappa shape index (κ3) is 11.1. The second-order valence-electron chi connectivity index (χ2n) is 9.78. The number of allylic oxidation sites excluding steroid dienone is 5. The first-order valence-electron chi connectivity index (χ1n) is 12.6. The maximum absolute atomic E-state index is 13.4. The van der Waals surface area contributed by atoms with Crippen molar-refractivity contribution < 1.29 is 33.0 Å². The lowest BCUT2D eigenvalue weighted by atomic mass is 9.89. The Morgan fingerprint density at radius 3 is 2.27 bits per heavy atom. The summed E-state index contributed by atoms with van der Waals surface area (Å²) >= 11 is 4.43. The summed E-state index contributed by atoms with van der Waals surface area (Å²) in [4.78, 5) is 28.9. The van der Waals surface area contributed by atoms with Gasteiger partial charge in [0.1, 0.15) is 0 Å². The molecule has 0 fully saturated rings. The minimum atomic E-state index is -5.52. The number of thioether (sulfide) groups is 1. The van der Waals surface area contributed by atoms with Crippen LogP contribution in [0.15, 0.2) is 77.3 Å². The van der Waals surface area contributed by atoms with Gasteiger partial charge in [-0.1, -0.05) is 96.6 Å². The molecule has 1 atom stereocenters. The van der Waals surface area contributed by atoms with Crippen molar-refractivity contribution in [1.29, 1.82) is 0 Å². The smallest absolute Gasteiger partial charge is 0.399 e. The molecular weight excluding hydrogens is 621 g/mol. The normalized spacial score (nSPS) is 13.5. The zero-order valence-corrected chi connectivity index (χ0v) is 26.7. The lowest BCUT2D eigenvalue weighted by Crippen LogP contribution is -2.14. The zero-order chi connectivity index (χ0) is 30.7. The fourth-order valence-electron chi connectivity index (χ4n) is 3.57. The minimum Gasteiger partial charge on any atom is -0.481 e. The average molecular weight is 660 g/mol. The first-order valence-corrected chi connectivity index (χ1v) is 16.4. The maximum Gasteiger partial charge on any atom is 0.399 e. The Balaban J connectivity index is 0.000000418. The van der Waals surface area contributed by atoms with Gasteiger partial charge in [-0.2, -0.15) is 20.5 Å². The Hall–Kier alpha value is -2.03. The molecule has 2 rings (SSSR count). The van der Waals surface area contributed by atoms with Gasteiger partial charge in [-0.25, -0.2) is 0 Å². The Morgan fingerprint density at radius 2 is 1.77 bits per heavy atom. The summed E-state index contributed by atoms with van der Waals surface area (Å²) in [6.45, 7) is 12.0. The van der Waals surface area contributed by atoms with Crippen LogP contribution in [0.1, 0.15) is 68.7 Å². The topological polar surface area (TPSA) is 94.8 Å². The van der Waals surface area contributed by atoms with Crippen LogP contribution in [0, 0.1) is 5.92 Å². The molecule has 0 saturated carbocycles. The SMILES string of the molecule is C=C/C(C)=C\C=C(/C)c1cccc(C(CCC(C)C)C(=O)O)c1.CSCc1ccc(C(F)(F)P(=O)(O)O)c(Br)c1. The lowest BCUT2D eigenvalue weighted by Gasteiger charge is -2.19. The van der Waals surface area contributed by atoms with Gasteiger partial charge >= 0.3 is 19.2 Å². The van der Waals surface area contributed by atoms with Gasteiger partial charge in [-0.05, 0) is 67.2 Å². The summed E-state index contributed by atoms with van der Waals surface area (Å²) in [6, 6.07) is 11.8. The van der Waals surface area contributed by atoms with Crippen LogP contribution < -0.4 is 0 Å². The van der Waals surface area contributed by atoms with Crippen LogP contribution in [-0.4, -0.2) is 27.1 Å². The van der Waals surface area contributed by atoms with Crippen molar-refractivity contribution in [2.75, 3.05) is 6.26 Å². The van der Waals surface area contributed by atoms with Crippen molar-refractivity contribution >= 4 is 46.8 Å². The molecule has 1 unspecified atom stereocenters. The van der Waals surface area contributed by atoms with Crippen LogP contribution >= 0.6 is 35.3 Å². The van der Waals surface area contributed by atoms with Gasteiger partial charge in [-0.15, -0.1) is 0 Å². The molecule has 0 bridgehead atoms. The van der Waals surface area contributed by atoms with Gasteiger partial charge in [-0.3, -0.25) is 9.36 Å². The lowest BCUT2D eigenvalue weighted by molar-refractivity contribution is -0.139. The fraction of sp³-hybridized carbons (Fsp3) is 0.367. The van der Waals surface area contributed by atoms with Gasteiger partial charge < -0.3 is 14.9 Å². The van der Waals surface area contributed by atoms with E-state index in [9.17, 15) is 23.2 Å². The van der Waals surface area contributed by atoms with Crippen LogP contribution in [0.5, 0.6) is 0 Å². The Labute approximate surface area is 248 Å². The molecule has 2 aromatic rings. The van der Waals surface area contributed by atoms with Gasteiger partial charge in [0.05, 0.1) is 5.92 Å². The molecule has 2 aromatic carbocycles. The summed E-state index contributed by atoms with van der Waals surface area (Å²) in [5, 5.41) is 9.54. The van der Waals surface area contributed by atoms with E-state index in [-0.39, 0.29) is 4.47 Å². The molecule has 0 spiro atoms. The number of alkyl halides is 2.